The normalized spacial score (nSPS) is 15.9. The first kappa shape index (κ1) is 13.0. The molecule has 2 rings (SSSR count). The first-order valence-electron chi connectivity index (χ1n) is 5.88. The summed E-state index contributed by atoms with van der Waals surface area (Å²) in [7, 11) is -3.14. The summed E-state index contributed by atoms with van der Waals surface area (Å²) in [6.45, 7) is 1.25. The highest BCUT2D eigenvalue weighted by molar-refractivity contribution is 7.88. The predicted octanol–water partition coefficient (Wildman–Crippen LogP) is 1.32. The molecule has 0 atom stereocenters. The standard InChI is InChI=1S/C12H17N3O2S/c1-18(16,17)14-10-11-4-6-12(7-5-11)15-9-3-2-8-13-15/h4-8,14H,2-3,9-10H2,1H3. The second-order valence-corrected chi connectivity index (χ2v) is 6.16. The summed E-state index contributed by atoms with van der Waals surface area (Å²) in [5, 5.41) is 6.27. The topological polar surface area (TPSA) is 61.8 Å². The van der Waals surface area contributed by atoms with Crippen molar-refractivity contribution < 1.29 is 8.42 Å². The molecule has 0 saturated heterocycles. The molecular formula is C12H17N3O2S. The third-order valence-electron chi connectivity index (χ3n) is 2.70. The highest BCUT2D eigenvalue weighted by Crippen LogP contribution is 2.18. The Morgan fingerprint density at radius 1 is 1.33 bits per heavy atom. The molecule has 0 aromatic heterocycles. The van der Waals surface area contributed by atoms with Gasteiger partial charge in [0.05, 0.1) is 11.9 Å². The number of rotatable bonds is 4. The minimum atomic E-state index is -3.14. The number of nitrogens with one attached hydrogen (secondary N) is 1. The van der Waals surface area contributed by atoms with E-state index >= 15 is 0 Å². The molecule has 1 N–H and O–H groups in total. The Kier molecular flexibility index (Phi) is 3.98. The van der Waals surface area contributed by atoms with E-state index in [1.54, 1.807) is 0 Å². The molecule has 1 aromatic carbocycles. The van der Waals surface area contributed by atoms with Gasteiger partial charge in [-0.3, -0.25) is 5.01 Å². The predicted molar refractivity (Wildman–Crippen MR) is 73.2 cm³/mol. The molecule has 1 heterocycles. The second kappa shape index (κ2) is 5.49. The molecule has 1 aromatic rings. The van der Waals surface area contributed by atoms with Crippen molar-refractivity contribution in [1.29, 1.82) is 0 Å². The fourth-order valence-electron chi connectivity index (χ4n) is 1.74. The van der Waals surface area contributed by atoms with Crippen molar-refractivity contribution in [2.24, 2.45) is 5.10 Å². The van der Waals surface area contributed by atoms with Crippen molar-refractivity contribution in [3.05, 3.63) is 29.8 Å². The summed E-state index contributed by atoms with van der Waals surface area (Å²) in [4.78, 5) is 0. The van der Waals surface area contributed by atoms with Gasteiger partial charge in [-0.25, -0.2) is 13.1 Å². The lowest BCUT2D eigenvalue weighted by Gasteiger charge is -2.21. The van der Waals surface area contributed by atoms with Crippen molar-refractivity contribution >= 4 is 21.9 Å². The number of hydrazone groups is 1. The van der Waals surface area contributed by atoms with Gasteiger partial charge in [-0.2, -0.15) is 5.10 Å². The van der Waals surface area contributed by atoms with E-state index in [9.17, 15) is 8.42 Å². The molecule has 0 amide bonds. The summed E-state index contributed by atoms with van der Waals surface area (Å²) in [6.07, 6.45) is 5.22. The van der Waals surface area contributed by atoms with Crippen LogP contribution in [0.15, 0.2) is 29.4 Å². The van der Waals surface area contributed by atoms with Crippen LogP contribution in [-0.2, 0) is 16.6 Å². The van der Waals surface area contributed by atoms with Gasteiger partial charge in [-0.1, -0.05) is 12.1 Å². The molecule has 18 heavy (non-hydrogen) atoms. The lowest BCUT2D eigenvalue weighted by atomic mass is 10.2. The van der Waals surface area contributed by atoms with Crippen LogP contribution in [0, 0.1) is 0 Å². The van der Waals surface area contributed by atoms with Gasteiger partial charge >= 0.3 is 0 Å². The third-order valence-corrected chi connectivity index (χ3v) is 3.37. The monoisotopic (exact) mass is 267 g/mol. The molecule has 0 spiro atoms. The van der Waals surface area contributed by atoms with E-state index in [1.165, 1.54) is 0 Å². The van der Waals surface area contributed by atoms with Crippen LogP contribution in [0.25, 0.3) is 0 Å². The maximum atomic E-state index is 11.0. The highest BCUT2D eigenvalue weighted by Gasteiger charge is 2.07. The quantitative estimate of drug-likeness (QED) is 0.895. The summed E-state index contributed by atoms with van der Waals surface area (Å²) in [6, 6.07) is 7.75. The third kappa shape index (κ3) is 3.82. The van der Waals surface area contributed by atoms with Crippen LogP contribution in [0.5, 0.6) is 0 Å². The minimum Gasteiger partial charge on any atom is -0.266 e. The molecule has 6 heteroatoms. The molecule has 0 fully saturated rings. The van der Waals surface area contributed by atoms with E-state index in [4.69, 9.17) is 0 Å². The number of sulfonamides is 1. The number of hydrogen-bond acceptors (Lipinski definition) is 4. The molecule has 1 aliphatic heterocycles. The van der Waals surface area contributed by atoms with Crippen molar-refractivity contribution in [2.45, 2.75) is 19.4 Å². The van der Waals surface area contributed by atoms with Crippen LogP contribution in [-0.4, -0.2) is 27.4 Å². The van der Waals surface area contributed by atoms with Crippen molar-refractivity contribution in [3.8, 4) is 0 Å². The Hall–Kier alpha value is -1.40. The zero-order valence-electron chi connectivity index (χ0n) is 10.3. The van der Waals surface area contributed by atoms with E-state index in [-0.39, 0.29) is 0 Å². The highest BCUT2D eigenvalue weighted by atomic mass is 32.2. The van der Waals surface area contributed by atoms with Gasteiger partial charge in [-0.05, 0) is 30.5 Å². The molecule has 0 radical (unpaired) electrons. The number of benzene rings is 1. The first-order valence-corrected chi connectivity index (χ1v) is 7.77. The van der Waals surface area contributed by atoms with E-state index in [2.05, 4.69) is 9.82 Å². The van der Waals surface area contributed by atoms with Gasteiger partial charge in [-0.15, -0.1) is 0 Å². The molecule has 0 unspecified atom stereocenters. The van der Waals surface area contributed by atoms with Crippen LogP contribution in [0.3, 0.4) is 0 Å². The Balaban J connectivity index is 2.01. The lowest BCUT2D eigenvalue weighted by Crippen LogP contribution is -2.22. The van der Waals surface area contributed by atoms with Gasteiger partial charge < -0.3 is 0 Å². The van der Waals surface area contributed by atoms with Gasteiger partial charge in [0.25, 0.3) is 0 Å². The smallest absolute Gasteiger partial charge is 0.209 e. The van der Waals surface area contributed by atoms with E-state index in [0.29, 0.717) is 6.54 Å². The van der Waals surface area contributed by atoms with Crippen molar-refractivity contribution in [2.75, 3.05) is 17.8 Å². The SMILES string of the molecule is CS(=O)(=O)NCc1ccc(N2CCCC=N2)cc1. The average molecular weight is 267 g/mol. The van der Waals surface area contributed by atoms with Gasteiger partial charge in [0.15, 0.2) is 0 Å². The van der Waals surface area contributed by atoms with Gasteiger partial charge in [0.2, 0.25) is 10.0 Å². The maximum Gasteiger partial charge on any atom is 0.209 e. The van der Waals surface area contributed by atoms with Crippen LogP contribution in [0.1, 0.15) is 18.4 Å². The summed E-state index contributed by atoms with van der Waals surface area (Å²) in [5.41, 5.74) is 1.97. The molecule has 98 valence electrons. The second-order valence-electron chi connectivity index (χ2n) is 4.32. The van der Waals surface area contributed by atoms with Crippen molar-refractivity contribution in [3.63, 3.8) is 0 Å². The Morgan fingerprint density at radius 2 is 2.06 bits per heavy atom. The fraction of sp³-hybridized carbons (Fsp3) is 0.417. The number of hydrogen-bond donors (Lipinski definition) is 1. The number of anilines is 1. The van der Waals surface area contributed by atoms with Gasteiger partial charge in [0, 0.05) is 19.3 Å². The average Bonchev–Trinajstić information content (AvgIpc) is 2.37. The molecule has 0 saturated carbocycles. The molecule has 1 aliphatic rings. The Bertz CT molecular complexity index is 523. The molecule has 0 bridgehead atoms. The fourth-order valence-corrected chi connectivity index (χ4v) is 2.17. The van der Waals surface area contributed by atoms with Crippen LogP contribution in [0.4, 0.5) is 5.69 Å². The molecule has 5 nitrogen and oxygen atoms in total. The van der Waals surface area contributed by atoms with E-state index in [1.807, 2.05) is 35.5 Å². The Morgan fingerprint density at radius 3 is 2.61 bits per heavy atom. The lowest BCUT2D eigenvalue weighted by molar-refractivity contribution is 0.587. The zero-order valence-corrected chi connectivity index (χ0v) is 11.2. The van der Waals surface area contributed by atoms with Crippen molar-refractivity contribution in [1.82, 2.24) is 4.72 Å². The minimum absolute atomic E-state index is 0.322. The summed E-state index contributed by atoms with van der Waals surface area (Å²) in [5.74, 6) is 0. The largest absolute Gasteiger partial charge is 0.266 e. The van der Waals surface area contributed by atoms with E-state index in [0.717, 1.165) is 36.9 Å². The Labute approximate surface area is 108 Å². The van der Waals surface area contributed by atoms with E-state index < -0.39 is 10.0 Å². The van der Waals surface area contributed by atoms with Gasteiger partial charge in [0.1, 0.15) is 0 Å². The zero-order chi connectivity index (χ0) is 13.0. The summed E-state index contributed by atoms with van der Waals surface area (Å²) < 4.78 is 24.4. The summed E-state index contributed by atoms with van der Waals surface area (Å²) >= 11 is 0. The maximum absolute atomic E-state index is 11.0. The first-order chi connectivity index (χ1) is 8.54. The van der Waals surface area contributed by atoms with Crippen LogP contribution in [0.2, 0.25) is 0 Å². The van der Waals surface area contributed by atoms with Crippen LogP contribution < -0.4 is 9.73 Å². The molecule has 0 aliphatic carbocycles. The number of nitrogens with zero attached hydrogens (tertiary/aromatic N) is 2. The van der Waals surface area contributed by atoms with Crippen LogP contribution >= 0.6 is 0 Å². The molecular weight excluding hydrogens is 250 g/mol.